The van der Waals surface area contributed by atoms with E-state index in [9.17, 15) is 9.59 Å². The Morgan fingerprint density at radius 3 is 2.54 bits per heavy atom. The summed E-state index contributed by atoms with van der Waals surface area (Å²) in [5.74, 6) is 0.324. The minimum Gasteiger partial charge on any atom is -0.483 e. The molecule has 1 saturated carbocycles. The Morgan fingerprint density at radius 2 is 1.93 bits per heavy atom. The van der Waals surface area contributed by atoms with E-state index < -0.39 is 0 Å². The van der Waals surface area contributed by atoms with E-state index >= 15 is 0 Å². The molecule has 2 aliphatic rings. The number of rotatable bonds is 6. The molecule has 3 rings (SSSR count). The molecule has 1 unspecified atom stereocenters. The van der Waals surface area contributed by atoms with Crippen LogP contribution in [0.2, 0.25) is 0 Å². The summed E-state index contributed by atoms with van der Waals surface area (Å²) >= 11 is 0. The minimum atomic E-state index is -0.250. The predicted molar refractivity (Wildman–Crippen MR) is 102 cm³/mol. The van der Waals surface area contributed by atoms with Gasteiger partial charge in [0.1, 0.15) is 0 Å². The lowest BCUT2D eigenvalue weighted by molar-refractivity contribution is -0.127. The normalized spacial score (nSPS) is 23.8. The molecule has 8 heteroatoms. The Hall–Kier alpha value is -2.48. The monoisotopic (exact) mass is 391 g/mol. The SMILES string of the molecule is O=C(NCCc1cccnc1)C1CCC(NC(=O)C2CCOC2)CC1.O=CO. The molecule has 2 amide bonds. The molecular formula is C20H29N3O5. The maximum Gasteiger partial charge on any atom is 0.290 e. The van der Waals surface area contributed by atoms with Crippen LogP contribution in [0.4, 0.5) is 0 Å². The van der Waals surface area contributed by atoms with Gasteiger partial charge < -0.3 is 20.5 Å². The Kier molecular flexibility index (Phi) is 9.41. The summed E-state index contributed by atoms with van der Waals surface area (Å²) in [6, 6.07) is 4.12. The molecule has 1 atom stereocenters. The van der Waals surface area contributed by atoms with Crippen LogP contribution in [0.25, 0.3) is 0 Å². The third-order valence-corrected chi connectivity index (χ3v) is 5.18. The van der Waals surface area contributed by atoms with Crippen LogP contribution in [0.3, 0.4) is 0 Å². The van der Waals surface area contributed by atoms with Crippen molar-refractivity contribution in [3.63, 3.8) is 0 Å². The fourth-order valence-corrected chi connectivity index (χ4v) is 3.58. The molecule has 8 nitrogen and oxygen atoms in total. The lowest BCUT2D eigenvalue weighted by Crippen LogP contribution is -2.43. The van der Waals surface area contributed by atoms with Crippen molar-refractivity contribution in [2.24, 2.45) is 11.8 Å². The first-order chi connectivity index (χ1) is 13.6. The van der Waals surface area contributed by atoms with Crippen molar-refractivity contribution in [1.82, 2.24) is 15.6 Å². The number of nitrogens with zero attached hydrogens (tertiary/aromatic N) is 1. The van der Waals surface area contributed by atoms with Crippen LogP contribution in [0.5, 0.6) is 0 Å². The Labute approximate surface area is 165 Å². The van der Waals surface area contributed by atoms with Crippen molar-refractivity contribution in [3.05, 3.63) is 30.1 Å². The average Bonchev–Trinajstić information content (AvgIpc) is 3.25. The fraction of sp³-hybridized carbons (Fsp3) is 0.600. The van der Waals surface area contributed by atoms with E-state index in [1.807, 2.05) is 18.3 Å². The van der Waals surface area contributed by atoms with Crippen molar-refractivity contribution < 1.29 is 24.2 Å². The van der Waals surface area contributed by atoms with Crippen molar-refractivity contribution in [2.45, 2.75) is 44.6 Å². The topological polar surface area (TPSA) is 118 Å². The van der Waals surface area contributed by atoms with Gasteiger partial charge >= 0.3 is 0 Å². The van der Waals surface area contributed by atoms with Gasteiger partial charge in [-0.1, -0.05) is 6.07 Å². The van der Waals surface area contributed by atoms with E-state index in [1.54, 1.807) is 6.20 Å². The Balaban J connectivity index is 0.000000878. The standard InChI is InChI=1S/C19H27N3O3.CH2O2/c23-18(21-10-7-14-2-1-9-20-12-14)15-3-5-17(6-4-15)22-19(24)16-8-11-25-13-16;2-1-3/h1-2,9,12,15-17H,3-8,10-11,13H2,(H,21,23)(H,22,24);1H,(H,2,3). The molecule has 1 aliphatic carbocycles. The third-order valence-electron chi connectivity index (χ3n) is 5.18. The summed E-state index contributed by atoms with van der Waals surface area (Å²) in [6.45, 7) is 1.62. The van der Waals surface area contributed by atoms with E-state index in [4.69, 9.17) is 14.6 Å². The number of nitrogens with one attached hydrogen (secondary N) is 2. The number of pyridine rings is 1. The van der Waals surface area contributed by atoms with Crippen molar-refractivity contribution in [1.29, 1.82) is 0 Å². The van der Waals surface area contributed by atoms with Gasteiger partial charge in [0.15, 0.2) is 0 Å². The number of ether oxygens (including phenoxy) is 1. The second-order valence-electron chi connectivity index (χ2n) is 7.13. The quantitative estimate of drug-likeness (QED) is 0.626. The van der Waals surface area contributed by atoms with Crippen LogP contribution in [0.15, 0.2) is 24.5 Å². The smallest absolute Gasteiger partial charge is 0.290 e. The maximum absolute atomic E-state index is 12.3. The second kappa shape index (κ2) is 12.1. The van der Waals surface area contributed by atoms with Crippen LogP contribution < -0.4 is 10.6 Å². The summed E-state index contributed by atoms with van der Waals surface area (Å²) in [4.78, 5) is 36.9. The molecule has 0 bridgehead atoms. The minimum absolute atomic E-state index is 0.00787. The summed E-state index contributed by atoms with van der Waals surface area (Å²) in [7, 11) is 0. The molecule has 0 radical (unpaired) electrons. The maximum atomic E-state index is 12.3. The van der Waals surface area contributed by atoms with Gasteiger partial charge in [-0.05, 0) is 50.2 Å². The first-order valence-electron chi connectivity index (χ1n) is 9.76. The number of hydrogen-bond donors (Lipinski definition) is 3. The summed E-state index contributed by atoms with van der Waals surface area (Å²) in [6.07, 6.45) is 8.62. The van der Waals surface area contributed by atoms with Crippen molar-refractivity contribution in [2.75, 3.05) is 19.8 Å². The van der Waals surface area contributed by atoms with Crippen LogP contribution in [-0.4, -0.2) is 54.2 Å². The molecule has 1 aromatic rings. The van der Waals surface area contributed by atoms with E-state index in [1.165, 1.54) is 0 Å². The van der Waals surface area contributed by atoms with Crippen molar-refractivity contribution in [3.8, 4) is 0 Å². The zero-order valence-corrected chi connectivity index (χ0v) is 16.0. The van der Waals surface area contributed by atoms with Gasteiger partial charge in [0.25, 0.3) is 6.47 Å². The molecule has 0 aromatic carbocycles. The molecule has 1 aliphatic heterocycles. The largest absolute Gasteiger partial charge is 0.483 e. The Morgan fingerprint density at radius 1 is 1.18 bits per heavy atom. The zero-order chi connectivity index (χ0) is 20.2. The van der Waals surface area contributed by atoms with Crippen LogP contribution in [0, 0.1) is 11.8 Å². The first kappa shape index (κ1) is 21.8. The van der Waals surface area contributed by atoms with E-state index in [-0.39, 0.29) is 36.2 Å². The van der Waals surface area contributed by atoms with Crippen LogP contribution in [0.1, 0.15) is 37.7 Å². The van der Waals surface area contributed by atoms with E-state index in [2.05, 4.69) is 15.6 Å². The molecule has 3 N–H and O–H groups in total. The lowest BCUT2D eigenvalue weighted by Gasteiger charge is -2.29. The molecule has 1 aromatic heterocycles. The molecule has 0 spiro atoms. The highest BCUT2D eigenvalue weighted by Crippen LogP contribution is 2.25. The van der Waals surface area contributed by atoms with Crippen LogP contribution >= 0.6 is 0 Å². The number of aromatic nitrogens is 1. The van der Waals surface area contributed by atoms with Gasteiger partial charge in [-0.2, -0.15) is 0 Å². The molecule has 28 heavy (non-hydrogen) atoms. The molecular weight excluding hydrogens is 362 g/mol. The second-order valence-corrected chi connectivity index (χ2v) is 7.13. The van der Waals surface area contributed by atoms with Crippen LogP contribution in [-0.2, 0) is 25.5 Å². The summed E-state index contributed by atoms with van der Waals surface area (Å²) < 4.78 is 5.27. The molecule has 2 fully saturated rings. The number of amides is 2. The highest BCUT2D eigenvalue weighted by molar-refractivity contribution is 5.80. The summed E-state index contributed by atoms with van der Waals surface area (Å²) in [5, 5.41) is 13.0. The van der Waals surface area contributed by atoms with Gasteiger partial charge in [-0.25, -0.2) is 0 Å². The average molecular weight is 391 g/mol. The van der Waals surface area contributed by atoms with Gasteiger partial charge in [-0.3, -0.25) is 19.4 Å². The van der Waals surface area contributed by atoms with Gasteiger partial charge in [0, 0.05) is 37.5 Å². The number of carbonyl (C=O) groups excluding carboxylic acids is 2. The van der Waals surface area contributed by atoms with E-state index in [0.29, 0.717) is 19.8 Å². The number of hydrogen-bond acceptors (Lipinski definition) is 5. The number of carboxylic acid groups (broad SMARTS) is 1. The molecule has 154 valence electrons. The lowest BCUT2D eigenvalue weighted by atomic mass is 9.85. The molecule has 2 heterocycles. The highest BCUT2D eigenvalue weighted by Gasteiger charge is 2.29. The predicted octanol–water partition coefficient (Wildman–Crippen LogP) is 1.15. The fourth-order valence-electron chi connectivity index (χ4n) is 3.58. The van der Waals surface area contributed by atoms with Gasteiger partial charge in [0.2, 0.25) is 11.8 Å². The number of carbonyl (C=O) groups is 3. The Bertz CT molecular complexity index is 612. The van der Waals surface area contributed by atoms with Crippen molar-refractivity contribution >= 4 is 18.3 Å². The first-order valence-corrected chi connectivity index (χ1v) is 9.76. The highest BCUT2D eigenvalue weighted by atomic mass is 16.5. The zero-order valence-electron chi connectivity index (χ0n) is 16.0. The van der Waals surface area contributed by atoms with E-state index in [0.717, 1.165) is 44.1 Å². The third kappa shape index (κ3) is 7.26. The molecule has 1 saturated heterocycles. The van der Waals surface area contributed by atoms with Gasteiger partial charge in [-0.15, -0.1) is 0 Å². The van der Waals surface area contributed by atoms with Gasteiger partial charge in [0.05, 0.1) is 12.5 Å². The summed E-state index contributed by atoms with van der Waals surface area (Å²) in [5.41, 5.74) is 1.13.